The Labute approximate surface area is 99.6 Å². The van der Waals surface area contributed by atoms with Gasteiger partial charge >= 0.3 is 0 Å². The lowest BCUT2D eigenvalue weighted by Gasteiger charge is -2.11. The van der Waals surface area contributed by atoms with Crippen molar-refractivity contribution in [2.45, 2.75) is 26.4 Å². The van der Waals surface area contributed by atoms with Crippen molar-refractivity contribution >= 4 is 11.3 Å². The summed E-state index contributed by atoms with van der Waals surface area (Å²) >= 11 is 1.83. The minimum absolute atomic E-state index is 0.362. The van der Waals surface area contributed by atoms with Crippen LogP contribution in [0.3, 0.4) is 0 Å². The highest BCUT2D eigenvalue weighted by atomic mass is 32.1. The molecule has 16 heavy (non-hydrogen) atoms. The summed E-state index contributed by atoms with van der Waals surface area (Å²) in [6, 6.07) is 4.69. The molecule has 2 heterocycles. The fourth-order valence-electron chi connectivity index (χ4n) is 1.47. The van der Waals surface area contributed by atoms with Gasteiger partial charge in [-0.3, -0.25) is 9.97 Å². The molecular formula is C12H15N3S. The van der Waals surface area contributed by atoms with Crippen molar-refractivity contribution in [3.63, 3.8) is 0 Å². The lowest BCUT2D eigenvalue weighted by molar-refractivity contribution is 0.574. The van der Waals surface area contributed by atoms with Gasteiger partial charge in [0.25, 0.3) is 0 Å². The lowest BCUT2D eigenvalue weighted by Crippen LogP contribution is -2.17. The molecule has 0 aliphatic heterocycles. The van der Waals surface area contributed by atoms with Crippen molar-refractivity contribution in [1.29, 1.82) is 0 Å². The minimum atomic E-state index is 0.362. The van der Waals surface area contributed by atoms with Gasteiger partial charge < -0.3 is 5.32 Å². The Hall–Kier alpha value is -1.26. The molecule has 1 atom stereocenters. The molecule has 0 spiro atoms. The SMILES string of the molecule is Cc1ccc(C(C)NCc2cnccn2)s1. The summed E-state index contributed by atoms with van der Waals surface area (Å²) in [5.74, 6) is 0. The molecule has 0 aliphatic rings. The first kappa shape index (κ1) is 11.2. The average Bonchev–Trinajstić information content (AvgIpc) is 2.74. The summed E-state index contributed by atoms with van der Waals surface area (Å²) in [6.07, 6.45) is 5.20. The summed E-state index contributed by atoms with van der Waals surface area (Å²) in [5, 5.41) is 3.44. The van der Waals surface area contributed by atoms with Gasteiger partial charge in [-0.1, -0.05) is 0 Å². The predicted molar refractivity (Wildman–Crippen MR) is 66.3 cm³/mol. The fraction of sp³-hybridized carbons (Fsp3) is 0.333. The Morgan fingerprint density at radius 1 is 1.38 bits per heavy atom. The van der Waals surface area contributed by atoms with Crippen LogP contribution in [0.2, 0.25) is 0 Å². The molecule has 0 fully saturated rings. The molecule has 1 unspecified atom stereocenters. The van der Waals surface area contributed by atoms with Crippen LogP contribution in [0.5, 0.6) is 0 Å². The topological polar surface area (TPSA) is 37.8 Å². The second-order valence-electron chi connectivity index (χ2n) is 3.75. The van der Waals surface area contributed by atoms with Gasteiger partial charge in [0.2, 0.25) is 0 Å². The Bertz CT molecular complexity index is 439. The number of hydrogen-bond acceptors (Lipinski definition) is 4. The summed E-state index contributed by atoms with van der Waals surface area (Å²) in [7, 11) is 0. The summed E-state index contributed by atoms with van der Waals surface area (Å²) < 4.78 is 0. The van der Waals surface area contributed by atoms with Crippen LogP contribution in [-0.4, -0.2) is 9.97 Å². The fourth-order valence-corrected chi connectivity index (χ4v) is 2.37. The van der Waals surface area contributed by atoms with E-state index in [-0.39, 0.29) is 0 Å². The van der Waals surface area contributed by atoms with Crippen LogP contribution in [0.1, 0.15) is 28.4 Å². The molecule has 0 bridgehead atoms. The van der Waals surface area contributed by atoms with Crippen LogP contribution in [0.25, 0.3) is 0 Å². The van der Waals surface area contributed by atoms with E-state index in [2.05, 4.69) is 41.3 Å². The third-order valence-electron chi connectivity index (χ3n) is 2.39. The number of aromatic nitrogens is 2. The molecule has 0 radical (unpaired) electrons. The van der Waals surface area contributed by atoms with Crippen molar-refractivity contribution in [2.75, 3.05) is 0 Å². The number of aryl methyl sites for hydroxylation is 1. The van der Waals surface area contributed by atoms with Crippen molar-refractivity contribution in [3.05, 3.63) is 46.2 Å². The van der Waals surface area contributed by atoms with Crippen LogP contribution in [-0.2, 0) is 6.54 Å². The van der Waals surface area contributed by atoms with Gasteiger partial charge in [-0.25, -0.2) is 0 Å². The highest BCUT2D eigenvalue weighted by Crippen LogP contribution is 2.22. The molecule has 4 heteroatoms. The van der Waals surface area contributed by atoms with E-state index in [4.69, 9.17) is 0 Å². The quantitative estimate of drug-likeness (QED) is 0.882. The van der Waals surface area contributed by atoms with E-state index < -0.39 is 0 Å². The van der Waals surface area contributed by atoms with Gasteiger partial charge in [-0.05, 0) is 26.0 Å². The maximum Gasteiger partial charge on any atom is 0.0724 e. The van der Waals surface area contributed by atoms with E-state index in [1.807, 2.05) is 11.3 Å². The van der Waals surface area contributed by atoms with Gasteiger partial charge in [0, 0.05) is 40.9 Å². The predicted octanol–water partition coefficient (Wildman–Crippen LogP) is 2.70. The maximum absolute atomic E-state index is 4.23. The second-order valence-corrected chi connectivity index (χ2v) is 5.07. The first-order chi connectivity index (χ1) is 7.75. The zero-order valence-electron chi connectivity index (χ0n) is 9.47. The smallest absolute Gasteiger partial charge is 0.0724 e. The molecule has 0 aromatic carbocycles. The standard InChI is InChI=1S/C12H15N3S/c1-9-3-4-12(16-9)10(2)15-8-11-7-13-5-6-14-11/h3-7,10,15H,8H2,1-2H3. The second kappa shape index (κ2) is 5.18. The number of nitrogens with one attached hydrogen (secondary N) is 1. The Balaban J connectivity index is 1.91. The number of nitrogens with zero attached hydrogens (tertiary/aromatic N) is 2. The van der Waals surface area contributed by atoms with Crippen LogP contribution in [0.15, 0.2) is 30.7 Å². The first-order valence-electron chi connectivity index (χ1n) is 5.30. The third-order valence-corrected chi connectivity index (χ3v) is 3.58. The van der Waals surface area contributed by atoms with Gasteiger partial charge in [0.05, 0.1) is 5.69 Å². The number of rotatable bonds is 4. The zero-order chi connectivity index (χ0) is 11.4. The van der Waals surface area contributed by atoms with Gasteiger partial charge in [0.15, 0.2) is 0 Å². The summed E-state index contributed by atoms with van der Waals surface area (Å²) in [5.41, 5.74) is 0.975. The van der Waals surface area contributed by atoms with Crippen molar-refractivity contribution in [3.8, 4) is 0 Å². The van der Waals surface area contributed by atoms with Gasteiger partial charge in [-0.15, -0.1) is 11.3 Å². The Kier molecular flexibility index (Phi) is 3.64. The van der Waals surface area contributed by atoms with E-state index in [0.29, 0.717) is 6.04 Å². The van der Waals surface area contributed by atoms with Gasteiger partial charge in [0.1, 0.15) is 0 Å². The van der Waals surface area contributed by atoms with Crippen LogP contribution >= 0.6 is 11.3 Å². The molecule has 2 aromatic heterocycles. The van der Waals surface area contributed by atoms with E-state index in [9.17, 15) is 0 Å². The molecule has 2 aromatic rings. The first-order valence-corrected chi connectivity index (χ1v) is 6.12. The van der Waals surface area contributed by atoms with Gasteiger partial charge in [-0.2, -0.15) is 0 Å². The van der Waals surface area contributed by atoms with E-state index in [0.717, 1.165) is 12.2 Å². The van der Waals surface area contributed by atoms with Crippen LogP contribution < -0.4 is 5.32 Å². The highest BCUT2D eigenvalue weighted by Gasteiger charge is 2.06. The molecule has 3 nitrogen and oxygen atoms in total. The average molecular weight is 233 g/mol. The monoisotopic (exact) mass is 233 g/mol. The molecule has 0 amide bonds. The van der Waals surface area contributed by atoms with E-state index in [1.54, 1.807) is 18.6 Å². The van der Waals surface area contributed by atoms with E-state index in [1.165, 1.54) is 9.75 Å². The van der Waals surface area contributed by atoms with Crippen molar-refractivity contribution in [2.24, 2.45) is 0 Å². The molecule has 0 aliphatic carbocycles. The van der Waals surface area contributed by atoms with Crippen molar-refractivity contribution in [1.82, 2.24) is 15.3 Å². The highest BCUT2D eigenvalue weighted by molar-refractivity contribution is 7.12. The number of thiophene rings is 1. The zero-order valence-corrected chi connectivity index (χ0v) is 10.3. The molecule has 2 rings (SSSR count). The molecular weight excluding hydrogens is 218 g/mol. The normalized spacial score (nSPS) is 12.6. The lowest BCUT2D eigenvalue weighted by atomic mass is 10.2. The number of hydrogen-bond donors (Lipinski definition) is 1. The Morgan fingerprint density at radius 3 is 2.88 bits per heavy atom. The van der Waals surface area contributed by atoms with E-state index >= 15 is 0 Å². The van der Waals surface area contributed by atoms with Crippen LogP contribution in [0.4, 0.5) is 0 Å². The summed E-state index contributed by atoms with van der Waals surface area (Å²) in [4.78, 5) is 11.0. The molecule has 1 N–H and O–H groups in total. The van der Waals surface area contributed by atoms with Crippen LogP contribution in [0, 0.1) is 6.92 Å². The molecule has 84 valence electrons. The molecule has 0 saturated carbocycles. The van der Waals surface area contributed by atoms with Crippen molar-refractivity contribution < 1.29 is 0 Å². The summed E-state index contributed by atoms with van der Waals surface area (Å²) in [6.45, 7) is 5.05. The largest absolute Gasteiger partial charge is 0.304 e. The minimum Gasteiger partial charge on any atom is -0.304 e. The maximum atomic E-state index is 4.23. The Morgan fingerprint density at radius 2 is 2.25 bits per heavy atom. The third kappa shape index (κ3) is 2.87. The molecule has 0 saturated heterocycles.